The number of hydrogen-bond donors (Lipinski definition) is 2. The van der Waals surface area contributed by atoms with Gasteiger partial charge in [-0.2, -0.15) is 0 Å². The molecule has 0 aromatic carbocycles. The Kier molecular flexibility index (Phi) is 9.12. The van der Waals surface area contributed by atoms with Gasteiger partial charge in [-0.1, -0.05) is 7.60 Å². The third kappa shape index (κ3) is 6.23. The first-order chi connectivity index (χ1) is 8.87. The molecule has 2 aromatic heterocycles. The van der Waals surface area contributed by atoms with Gasteiger partial charge in [-0.05, 0) is 6.42 Å². The fourth-order valence-corrected chi connectivity index (χ4v) is 2.39. The third-order valence-corrected chi connectivity index (χ3v) is 3.41. The molecule has 0 radical (unpaired) electrons. The minimum Gasteiger partial charge on any atom is -0.811 e. The Labute approximate surface area is 163 Å². The summed E-state index contributed by atoms with van der Waals surface area (Å²) < 4.78 is 12.0. The van der Waals surface area contributed by atoms with E-state index < -0.39 is 19.9 Å². The van der Waals surface area contributed by atoms with Gasteiger partial charge in [0.25, 0.3) is 5.56 Å². The molecule has 12 heteroatoms. The molecule has 2 heterocycles. The average molecular weight is 332 g/mol. The minimum absolute atomic E-state index is 0. The van der Waals surface area contributed by atoms with Gasteiger partial charge in [0.15, 0.2) is 11.2 Å². The summed E-state index contributed by atoms with van der Waals surface area (Å²) in [4.78, 5) is 42.5. The second-order valence-electron chi connectivity index (χ2n) is 4.08. The van der Waals surface area contributed by atoms with E-state index in [0.717, 1.165) is 0 Å². The number of aliphatic hydroxyl groups excluding tert-OH is 1. The number of aromatic amines is 1. The van der Waals surface area contributed by atoms with Crippen LogP contribution in [0.1, 0.15) is 6.42 Å². The van der Waals surface area contributed by atoms with Crippen LogP contribution in [-0.2, 0) is 11.1 Å². The summed E-state index contributed by atoms with van der Waals surface area (Å²) in [5.41, 5.74) is 0.117. The van der Waals surface area contributed by atoms with Crippen LogP contribution in [0.25, 0.3) is 11.2 Å². The summed E-state index contributed by atoms with van der Waals surface area (Å²) in [7, 11) is -4.73. The van der Waals surface area contributed by atoms with E-state index >= 15 is 0 Å². The fourth-order valence-electron chi connectivity index (χ4n) is 1.69. The van der Waals surface area contributed by atoms with E-state index in [9.17, 15) is 24.3 Å². The van der Waals surface area contributed by atoms with Gasteiger partial charge in [-0.25, -0.2) is 9.97 Å². The first kappa shape index (κ1) is 21.5. The number of aliphatic hydroxyl groups is 1. The molecule has 9 nitrogen and oxygen atoms in total. The number of nitrogens with zero attached hydrogens (tertiary/aromatic N) is 3. The molecule has 0 aliphatic heterocycles. The Morgan fingerprint density at radius 1 is 1.38 bits per heavy atom. The van der Waals surface area contributed by atoms with Crippen molar-refractivity contribution in [1.29, 1.82) is 0 Å². The van der Waals surface area contributed by atoms with Gasteiger partial charge in [-0.15, -0.1) is 0 Å². The Balaban J connectivity index is 0.00000200. The fraction of sp³-hybridized carbons (Fsp3) is 0.444. The molecule has 0 aliphatic carbocycles. The first-order valence-electron chi connectivity index (χ1n) is 5.44. The number of nitrogens with one attached hydrogen (secondary N) is 1. The summed E-state index contributed by atoms with van der Waals surface area (Å²) in [6.45, 7) is 0.203. The zero-order valence-corrected chi connectivity index (χ0v) is 16.6. The molecule has 1 atom stereocenters. The topological polar surface area (TPSA) is 147 Å². The number of fused-ring (bicyclic) bond motifs is 1. The van der Waals surface area contributed by atoms with Gasteiger partial charge in [0, 0.05) is 12.7 Å². The van der Waals surface area contributed by atoms with Crippen LogP contribution in [0.2, 0.25) is 0 Å². The number of imidazole rings is 1. The van der Waals surface area contributed by atoms with Crippen LogP contribution in [0.15, 0.2) is 17.4 Å². The normalized spacial score (nSPS) is 12.5. The van der Waals surface area contributed by atoms with Gasteiger partial charge in [0.2, 0.25) is 0 Å². The second kappa shape index (κ2) is 8.93. The molecule has 104 valence electrons. The molecule has 21 heavy (non-hydrogen) atoms. The zero-order valence-electron chi connectivity index (χ0n) is 11.7. The Morgan fingerprint density at radius 2 is 2.05 bits per heavy atom. The number of aryl methyl sites for hydroxylation is 1. The summed E-state index contributed by atoms with van der Waals surface area (Å²) in [6.07, 6.45) is 0.582. The van der Waals surface area contributed by atoms with E-state index in [4.69, 9.17) is 0 Å². The van der Waals surface area contributed by atoms with Crippen molar-refractivity contribution in [3.63, 3.8) is 0 Å². The van der Waals surface area contributed by atoms with Gasteiger partial charge in [0.05, 0.1) is 18.8 Å². The number of rotatable bonds is 5. The van der Waals surface area contributed by atoms with Crippen LogP contribution in [0.5, 0.6) is 0 Å². The van der Waals surface area contributed by atoms with E-state index in [-0.39, 0.29) is 83.2 Å². The van der Waals surface area contributed by atoms with Crippen LogP contribution in [0.3, 0.4) is 0 Å². The number of H-pyrrole nitrogens is 1. The maximum atomic E-state index is 11.4. The first-order valence-corrected chi connectivity index (χ1v) is 7.17. The number of hydrogen-bond acceptors (Lipinski definition) is 7. The molecular weight excluding hydrogens is 321 g/mol. The molecule has 0 aliphatic rings. The van der Waals surface area contributed by atoms with Crippen molar-refractivity contribution in [1.82, 2.24) is 19.5 Å². The minimum atomic E-state index is -4.73. The van der Waals surface area contributed by atoms with E-state index in [1.54, 1.807) is 0 Å². The van der Waals surface area contributed by atoms with Gasteiger partial charge < -0.3 is 29.0 Å². The molecule has 2 aromatic rings. The molecule has 0 amide bonds. The van der Waals surface area contributed by atoms with Crippen molar-refractivity contribution < 1.29 is 78.6 Å². The monoisotopic (exact) mass is 332 g/mol. The molecule has 2 N–H and O–H groups in total. The molecule has 2 rings (SSSR count). The van der Waals surface area contributed by atoms with Crippen molar-refractivity contribution in [3.8, 4) is 0 Å². The third-order valence-electron chi connectivity index (χ3n) is 2.55. The van der Waals surface area contributed by atoms with Crippen LogP contribution >= 0.6 is 7.60 Å². The molecule has 0 bridgehead atoms. The average Bonchev–Trinajstić information content (AvgIpc) is 2.69. The van der Waals surface area contributed by atoms with E-state index in [1.807, 2.05) is 0 Å². The smallest absolute Gasteiger partial charge is 0.811 e. The van der Waals surface area contributed by atoms with Crippen molar-refractivity contribution in [2.24, 2.45) is 0 Å². The summed E-state index contributed by atoms with van der Waals surface area (Å²) in [5.74, 6) is 0. The molecular formula is C9H11N4Na2O5P. The van der Waals surface area contributed by atoms with Crippen molar-refractivity contribution >= 4 is 18.8 Å². The molecule has 0 saturated carbocycles. The van der Waals surface area contributed by atoms with Crippen molar-refractivity contribution in [3.05, 3.63) is 23.0 Å². The second-order valence-corrected chi connectivity index (χ2v) is 5.66. The SMILES string of the molecule is O=c1[nH]cnc2c1ncn2CC[C@@H](O)CP(=O)([O-])[O-].[Na+].[Na+]. The Bertz CT molecular complexity index is 684. The summed E-state index contributed by atoms with van der Waals surface area (Å²) in [6, 6.07) is 0. The van der Waals surface area contributed by atoms with Crippen LogP contribution < -0.4 is 74.5 Å². The Hall–Kier alpha value is 0.460. The van der Waals surface area contributed by atoms with E-state index in [1.165, 1.54) is 17.2 Å². The predicted octanol–water partition coefficient (Wildman–Crippen LogP) is -8.21. The summed E-state index contributed by atoms with van der Waals surface area (Å²) >= 11 is 0. The van der Waals surface area contributed by atoms with Gasteiger partial charge in [0.1, 0.15) is 0 Å². The van der Waals surface area contributed by atoms with Crippen molar-refractivity contribution in [2.75, 3.05) is 6.16 Å². The van der Waals surface area contributed by atoms with Gasteiger partial charge >= 0.3 is 59.1 Å². The Morgan fingerprint density at radius 3 is 2.67 bits per heavy atom. The molecule has 0 fully saturated rings. The molecule has 0 saturated heterocycles. The maximum absolute atomic E-state index is 11.4. The standard InChI is InChI=1S/C9H13N4O5P.2Na/c14-6(3-19(16,17)18)1-2-13-5-12-7-8(13)10-4-11-9(7)15;;/h4-6,14H,1-3H2,(H,10,11,15)(H2,16,17,18);;/q;2*+1/p-2/t6-;;/m1../s1. The molecule has 0 spiro atoms. The number of aromatic nitrogens is 4. The van der Waals surface area contributed by atoms with Crippen LogP contribution in [0, 0.1) is 0 Å². The van der Waals surface area contributed by atoms with Crippen molar-refractivity contribution in [2.45, 2.75) is 19.1 Å². The van der Waals surface area contributed by atoms with Crippen LogP contribution in [0.4, 0.5) is 0 Å². The van der Waals surface area contributed by atoms with Gasteiger partial charge in [-0.3, -0.25) is 4.79 Å². The quantitative estimate of drug-likeness (QED) is 0.408. The zero-order chi connectivity index (χ0) is 14.0. The van der Waals surface area contributed by atoms with E-state index in [0.29, 0.717) is 5.65 Å². The largest absolute Gasteiger partial charge is 1.00 e. The predicted molar refractivity (Wildman–Crippen MR) is 61.2 cm³/mol. The molecule has 0 unspecified atom stereocenters. The maximum Gasteiger partial charge on any atom is 1.00 e. The summed E-state index contributed by atoms with van der Waals surface area (Å²) in [5, 5.41) is 9.42. The van der Waals surface area contributed by atoms with E-state index in [2.05, 4.69) is 15.0 Å². The van der Waals surface area contributed by atoms with Crippen LogP contribution in [-0.4, -0.2) is 36.9 Å².